The van der Waals surface area contributed by atoms with E-state index in [0.717, 1.165) is 0 Å². The van der Waals surface area contributed by atoms with E-state index in [-0.39, 0.29) is 38.8 Å². The third-order valence-corrected chi connectivity index (χ3v) is 4.77. The van der Waals surface area contributed by atoms with Crippen LogP contribution < -0.4 is 10.3 Å². The van der Waals surface area contributed by atoms with Gasteiger partial charge in [-0.2, -0.15) is 0 Å². The van der Waals surface area contributed by atoms with Crippen LogP contribution in [-0.2, 0) is 43.9 Å². The largest absolute Gasteiger partial charge is 0.530 e. The Morgan fingerprint density at radius 2 is 1.33 bits per heavy atom. The molecule has 0 spiro atoms. The van der Waals surface area contributed by atoms with Crippen molar-refractivity contribution in [2.24, 2.45) is 5.73 Å². The number of carbonyl (C=O) groups excluding carboxylic acids is 1. The predicted molar refractivity (Wildman–Crippen MR) is 106 cm³/mol. The molecule has 0 aliphatic heterocycles. The van der Waals surface area contributed by atoms with Gasteiger partial charge in [0.15, 0.2) is 0 Å². The molecule has 0 fully saturated rings. The summed E-state index contributed by atoms with van der Waals surface area (Å²) in [6.45, 7) is 2.19. The molecule has 0 saturated heterocycles. The van der Waals surface area contributed by atoms with Gasteiger partial charge in [-0.15, -0.1) is 0 Å². The molecule has 1 unspecified atom stereocenters. The molecule has 2 N–H and O–H groups in total. The lowest BCUT2D eigenvalue weighted by Crippen LogP contribution is -2.13. The molecule has 0 aliphatic carbocycles. The third kappa shape index (κ3) is 12.8. The Kier molecular flexibility index (Phi) is 14.1. The van der Waals surface area contributed by atoms with E-state index in [2.05, 4.69) is 0 Å². The molecule has 0 bridgehead atoms. The summed E-state index contributed by atoms with van der Waals surface area (Å²) in [5.41, 5.74) is 5.61. The number of methoxy groups -OCH3 is 2. The highest BCUT2D eigenvalue weighted by atomic mass is 31.2. The number of benzene rings is 1. The van der Waals surface area contributed by atoms with E-state index in [0.29, 0.717) is 32.0 Å². The Bertz CT molecular complexity index is 628. The third-order valence-electron chi connectivity index (χ3n) is 3.34. The van der Waals surface area contributed by atoms with Crippen LogP contribution in [0.25, 0.3) is 0 Å². The lowest BCUT2D eigenvalue weighted by Gasteiger charge is -2.18. The molecule has 1 aromatic carbocycles. The Labute approximate surface area is 176 Å². The van der Waals surface area contributed by atoms with Crippen molar-refractivity contribution >= 4 is 13.9 Å². The lowest BCUT2D eigenvalue weighted by molar-refractivity contribution is 0.0140. The zero-order valence-corrected chi connectivity index (χ0v) is 18.2. The maximum atomic E-state index is 12.9. The second-order valence-corrected chi connectivity index (χ2v) is 7.26. The minimum absolute atomic E-state index is 0.00708. The van der Waals surface area contributed by atoms with Crippen LogP contribution in [0, 0.1) is 0 Å². The van der Waals surface area contributed by atoms with Crippen LogP contribution in [0.5, 0.6) is 5.75 Å². The minimum atomic E-state index is -3.90. The standard InChI is InChI=1S/C18H30NO10P/c1-22-7-9-24-10-11-25-12-14-28-30(21,27-13-8-23-2)29-17-5-3-16(4-6-17)15-26-18(19)20/h3-6H,7-15H2,1-2H3,(H2,19,20). The van der Waals surface area contributed by atoms with E-state index in [4.69, 9.17) is 43.0 Å². The van der Waals surface area contributed by atoms with Gasteiger partial charge in [0.05, 0.1) is 52.9 Å². The summed E-state index contributed by atoms with van der Waals surface area (Å²) in [6.07, 6.45) is -0.872. The van der Waals surface area contributed by atoms with E-state index >= 15 is 0 Å². The van der Waals surface area contributed by atoms with Crippen LogP contribution in [0.15, 0.2) is 24.3 Å². The molecule has 30 heavy (non-hydrogen) atoms. The van der Waals surface area contributed by atoms with E-state index in [1.807, 2.05) is 0 Å². The highest BCUT2D eigenvalue weighted by molar-refractivity contribution is 7.48. The molecule has 12 heteroatoms. The molecule has 1 amide bonds. The first-order chi connectivity index (χ1) is 14.5. The zero-order chi connectivity index (χ0) is 22.1. The van der Waals surface area contributed by atoms with Crippen LogP contribution in [0.3, 0.4) is 0 Å². The van der Waals surface area contributed by atoms with Crippen LogP contribution in [0.1, 0.15) is 5.56 Å². The number of phosphoric acid groups is 1. The zero-order valence-electron chi connectivity index (χ0n) is 17.3. The fourth-order valence-electron chi connectivity index (χ4n) is 1.92. The molecule has 1 rings (SSSR count). The number of rotatable bonds is 18. The summed E-state index contributed by atoms with van der Waals surface area (Å²) < 4.78 is 53.9. The van der Waals surface area contributed by atoms with Crippen molar-refractivity contribution in [2.45, 2.75) is 6.61 Å². The molecule has 172 valence electrons. The minimum Gasteiger partial charge on any atom is -0.445 e. The molecule has 0 radical (unpaired) electrons. The van der Waals surface area contributed by atoms with Gasteiger partial charge in [0.1, 0.15) is 12.4 Å². The molecule has 0 aromatic heterocycles. The molecule has 11 nitrogen and oxygen atoms in total. The summed E-state index contributed by atoms with van der Waals surface area (Å²) in [5, 5.41) is 0. The van der Waals surface area contributed by atoms with E-state index < -0.39 is 13.9 Å². The second-order valence-electron chi connectivity index (χ2n) is 5.67. The quantitative estimate of drug-likeness (QED) is 0.261. The van der Waals surface area contributed by atoms with Crippen molar-refractivity contribution in [3.8, 4) is 5.75 Å². The number of ether oxygens (including phenoxy) is 5. The molecule has 0 aliphatic rings. The number of primary amides is 1. The first kappa shape index (κ1) is 26.3. The first-order valence-electron chi connectivity index (χ1n) is 9.22. The average Bonchev–Trinajstić information content (AvgIpc) is 2.72. The predicted octanol–water partition coefficient (Wildman–Crippen LogP) is 2.13. The maximum absolute atomic E-state index is 12.9. The normalized spacial score (nSPS) is 13.0. The highest BCUT2D eigenvalue weighted by Crippen LogP contribution is 2.49. The SMILES string of the molecule is COCCOCCOCCOP(=O)(OCCOC)Oc1ccc(COC(N)=O)cc1. The number of nitrogens with two attached hydrogens (primary N) is 1. The molecule has 1 aromatic rings. The Balaban J connectivity index is 2.46. The summed E-state index contributed by atoms with van der Waals surface area (Å²) in [5.74, 6) is 0.256. The van der Waals surface area contributed by atoms with Crippen LogP contribution in [0.4, 0.5) is 4.79 Å². The van der Waals surface area contributed by atoms with Crippen molar-refractivity contribution in [3.63, 3.8) is 0 Å². The summed E-state index contributed by atoms with van der Waals surface area (Å²) in [4.78, 5) is 10.7. The van der Waals surface area contributed by atoms with Crippen LogP contribution >= 0.6 is 7.82 Å². The first-order valence-corrected chi connectivity index (χ1v) is 10.7. The summed E-state index contributed by atoms with van der Waals surface area (Å²) >= 11 is 0. The molecule has 0 heterocycles. The molecule has 1 atom stereocenters. The van der Waals surface area contributed by atoms with E-state index in [1.165, 1.54) is 7.11 Å². The lowest BCUT2D eigenvalue weighted by atomic mass is 10.2. The number of amides is 1. The van der Waals surface area contributed by atoms with Gasteiger partial charge in [0.25, 0.3) is 0 Å². The smallest absolute Gasteiger partial charge is 0.445 e. The number of carbonyl (C=O) groups is 1. The van der Waals surface area contributed by atoms with Gasteiger partial charge < -0.3 is 33.9 Å². The van der Waals surface area contributed by atoms with Gasteiger partial charge in [-0.1, -0.05) is 12.1 Å². The molecular weight excluding hydrogens is 421 g/mol. The molecule has 0 saturated carbocycles. The fraction of sp³-hybridized carbons (Fsp3) is 0.611. The van der Waals surface area contributed by atoms with E-state index in [9.17, 15) is 9.36 Å². The van der Waals surface area contributed by atoms with Gasteiger partial charge in [0.2, 0.25) is 0 Å². The fourth-order valence-corrected chi connectivity index (χ4v) is 3.08. The number of phosphoric ester groups is 1. The molecular formula is C18H30NO10P. The summed E-state index contributed by atoms with van der Waals surface area (Å²) in [7, 11) is -0.813. The van der Waals surface area contributed by atoms with Gasteiger partial charge in [0, 0.05) is 14.2 Å². The second kappa shape index (κ2) is 16.0. The summed E-state index contributed by atoms with van der Waals surface area (Å²) in [6, 6.07) is 6.35. The van der Waals surface area contributed by atoms with Crippen molar-refractivity contribution in [2.75, 3.05) is 67.1 Å². The number of hydrogen-bond acceptors (Lipinski definition) is 10. The Morgan fingerprint density at radius 1 is 0.833 bits per heavy atom. The highest BCUT2D eigenvalue weighted by Gasteiger charge is 2.28. The Hall–Kier alpha value is -1.72. The maximum Gasteiger partial charge on any atom is 0.530 e. The van der Waals surface area contributed by atoms with Gasteiger partial charge in [-0.3, -0.25) is 9.05 Å². The van der Waals surface area contributed by atoms with Gasteiger partial charge in [-0.25, -0.2) is 9.36 Å². The Morgan fingerprint density at radius 3 is 1.90 bits per heavy atom. The van der Waals surface area contributed by atoms with Crippen molar-refractivity contribution in [3.05, 3.63) is 29.8 Å². The van der Waals surface area contributed by atoms with Crippen LogP contribution in [0.2, 0.25) is 0 Å². The van der Waals surface area contributed by atoms with Gasteiger partial charge in [-0.05, 0) is 17.7 Å². The van der Waals surface area contributed by atoms with Crippen molar-refractivity contribution in [1.29, 1.82) is 0 Å². The number of hydrogen-bond donors (Lipinski definition) is 1. The van der Waals surface area contributed by atoms with E-state index in [1.54, 1.807) is 31.4 Å². The van der Waals surface area contributed by atoms with Crippen LogP contribution in [-0.4, -0.2) is 73.2 Å². The van der Waals surface area contributed by atoms with Gasteiger partial charge >= 0.3 is 13.9 Å². The monoisotopic (exact) mass is 451 g/mol. The van der Waals surface area contributed by atoms with Crippen molar-refractivity contribution < 1.29 is 46.6 Å². The van der Waals surface area contributed by atoms with Crippen molar-refractivity contribution in [1.82, 2.24) is 0 Å². The topological polar surface area (TPSA) is 134 Å². The average molecular weight is 451 g/mol.